The number of aromatic nitrogens is 3. The molecule has 1 aromatic heterocycles. The molecule has 0 spiro atoms. The maximum Gasteiger partial charge on any atom is 0.762 e. The van der Waals surface area contributed by atoms with E-state index in [2.05, 4.69) is 5.10 Å². The van der Waals surface area contributed by atoms with Crippen molar-refractivity contribution in [3.63, 3.8) is 0 Å². The smallest absolute Gasteiger partial charge is 0.762 e. The topological polar surface area (TPSA) is 30.9 Å². The van der Waals surface area contributed by atoms with Gasteiger partial charge in [0, 0.05) is 5.10 Å². The largest absolute Gasteiger partial charge is 1.00 e. The number of rotatable bonds is 2. The first kappa shape index (κ1) is 23.8. The highest BCUT2D eigenvalue weighted by Crippen LogP contribution is 2.26. The second-order valence-corrected chi connectivity index (χ2v) is 5.88. The Morgan fingerprint density at radius 3 is 1.96 bits per heavy atom. The predicted molar refractivity (Wildman–Crippen MR) is 76.2 cm³/mol. The van der Waals surface area contributed by atoms with Gasteiger partial charge in [-0.3, -0.25) is 12.9 Å². The summed E-state index contributed by atoms with van der Waals surface area (Å²) in [4.78, 5) is 0. The van der Waals surface area contributed by atoms with Gasteiger partial charge in [0.2, 0.25) is 41.1 Å². The molecular formula is C14H13BF9N3O. The summed E-state index contributed by atoms with van der Waals surface area (Å²) < 4.78 is 104. The van der Waals surface area contributed by atoms with Crippen LogP contribution in [-0.4, -0.2) is 23.9 Å². The molecule has 3 rings (SSSR count). The van der Waals surface area contributed by atoms with Crippen LogP contribution in [0.15, 0.2) is 6.33 Å². The molecule has 0 saturated carbocycles. The lowest BCUT2D eigenvalue weighted by atomic mass is 10.0. The van der Waals surface area contributed by atoms with Crippen LogP contribution < -0.4 is 9.27 Å². The van der Waals surface area contributed by atoms with Crippen molar-refractivity contribution >= 4 is 7.54 Å². The minimum absolute atomic E-state index is 0. The molecule has 156 valence electrons. The van der Waals surface area contributed by atoms with Gasteiger partial charge in [-0.05, 0) is 5.92 Å². The van der Waals surface area contributed by atoms with Gasteiger partial charge in [0.15, 0.2) is 0 Å². The fraction of sp³-hybridized carbons (Fsp3) is 0.429. The minimum Gasteiger partial charge on any atom is -1.00 e. The highest BCUT2D eigenvalue weighted by molar-refractivity contribution is 6.33. The van der Waals surface area contributed by atoms with Crippen LogP contribution in [0.4, 0.5) is 34.9 Å². The molecule has 28 heavy (non-hydrogen) atoms. The molecule has 1 atom stereocenters. The molecular weight excluding hydrogens is 408 g/mol. The Labute approximate surface area is 153 Å². The lowest BCUT2D eigenvalue weighted by Gasteiger charge is -2.22. The fourth-order valence-electron chi connectivity index (χ4n) is 2.53. The van der Waals surface area contributed by atoms with Crippen molar-refractivity contribution in [3.8, 4) is 5.69 Å². The van der Waals surface area contributed by atoms with E-state index in [-0.39, 0.29) is 23.3 Å². The zero-order valence-corrected chi connectivity index (χ0v) is 14.4. The molecule has 0 unspecified atom stereocenters. The van der Waals surface area contributed by atoms with E-state index < -0.39 is 42.3 Å². The maximum atomic E-state index is 13.9. The molecule has 0 radical (unpaired) electrons. The number of ether oxygens (including phenoxy) is 1. The highest BCUT2D eigenvalue weighted by atomic mass is 19.4. The van der Waals surface area contributed by atoms with Gasteiger partial charge in [0.1, 0.15) is 12.6 Å². The van der Waals surface area contributed by atoms with Crippen LogP contribution in [0.5, 0.6) is 0 Å². The average Bonchev–Trinajstić information content (AvgIpc) is 3.01. The van der Waals surface area contributed by atoms with E-state index >= 15 is 0 Å². The van der Waals surface area contributed by atoms with Gasteiger partial charge in [-0.15, -0.1) is 0 Å². The van der Waals surface area contributed by atoms with Crippen LogP contribution in [-0.2, 0) is 11.3 Å². The molecule has 0 aliphatic carbocycles. The Bertz CT molecular complexity index is 799. The predicted octanol–water partition coefficient (Wildman–Crippen LogP) is 0.466. The molecule has 2 aromatic rings. The van der Waals surface area contributed by atoms with Crippen molar-refractivity contribution < 1.29 is 48.9 Å². The SMILES string of the molecule is CC(C)[C@H]1COCc2nn(-c3c(F)c(F)c(F)c(F)c3F)c[n+]21.FB(F)F.[F-]. The first-order valence-electron chi connectivity index (χ1n) is 7.57. The molecule has 1 aliphatic rings. The number of benzene rings is 1. The Kier molecular flexibility index (Phi) is 7.90. The quantitative estimate of drug-likeness (QED) is 0.232. The third-order valence-electron chi connectivity index (χ3n) is 3.82. The molecule has 4 nitrogen and oxygen atoms in total. The molecule has 14 heteroatoms. The zero-order chi connectivity index (χ0) is 20.5. The number of hydrogen-bond donors (Lipinski definition) is 0. The molecule has 0 fully saturated rings. The summed E-state index contributed by atoms with van der Waals surface area (Å²) in [7, 11) is -3.67. The number of halogens is 9. The summed E-state index contributed by atoms with van der Waals surface area (Å²) in [6.07, 6.45) is 1.22. The van der Waals surface area contributed by atoms with Gasteiger partial charge < -0.3 is 9.44 Å². The van der Waals surface area contributed by atoms with Gasteiger partial charge in [-0.1, -0.05) is 18.5 Å². The minimum atomic E-state index is -3.67. The molecule has 2 heterocycles. The van der Waals surface area contributed by atoms with Crippen LogP contribution >= 0.6 is 0 Å². The van der Waals surface area contributed by atoms with Crippen molar-refractivity contribution in [1.82, 2.24) is 9.78 Å². The summed E-state index contributed by atoms with van der Waals surface area (Å²) >= 11 is 0. The van der Waals surface area contributed by atoms with E-state index in [0.717, 1.165) is 0 Å². The second kappa shape index (κ2) is 9.30. The number of nitrogens with zero attached hydrogens (tertiary/aromatic N) is 3. The number of hydrogen-bond acceptors (Lipinski definition) is 2. The summed E-state index contributed by atoms with van der Waals surface area (Å²) in [5.41, 5.74) is -1.11. The fourth-order valence-corrected chi connectivity index (χ4v) is 2.53. The summed E-state index contributed by atoms with van der Waals surface area (Å²) in [5.74, 6) is -9.58. The van der Waals surface area contributed by atoms with E-state index in [1.165, 1.54) is 6.33 Å². The van der Waals surface area contributed by atoms with Crippen molar-refractivity contribution in [1.29, 1.82) is 0 Å². The highest BCUT2D eigenvalue weighted by Gasteiger charge is 2.35. The maximum absolute atomic E-state index is 13.9. The molecule has 0 amide bonds. The van der Waals surface area contributed by atoms with Gasteiger partial charge in [-0.2, -0.15) is 8.78 Å². The third-order valence-corrected chi connectivity index (χ3v) is 3.82. The van der Waals surface area contributed by atoms with Crippen LogP contribution in [0.25, 0.3) is 5.69 Å². The summed E-state index contributed by atoms with van der Waals surface area (Å²) in [6.45, 7) is 4.31. The van der Waals surface area contributed by atoms with Crippen LogP contribution in [0.3, 0.4) is 0 Å². The van der Waals surface area contributed by atoms with Crippen LogP contribution in [0.2, 0.25) is 0 Å². The molecule has 0 bridgehead atoms. The van der Waals surface area contributed by atoms with Crippen LogP contribution in [0, 0.1) is 35.0 Å². The number of fused-ring (bicyclic) bond motifs is 1. The van der Waals surface area contributed by atoms with Crippen molar-refractivity contribution in [2.75, 3.05) is 6.61 Å². The normalized spacial score (nSPS) is 15.5. The lowest BCUT2D eigenvalue weighted by molar-refractivity contribution is -0.749. The summed E-state index contributed by atoms with van der Waals surface area (Å²) in [6, 6.07) is -0.145. The monoisotopic (exact) mass is 421 g/mol. The molecule has 0 saturated heterocycles. The first-order valence-corrected chi connectivity index (χ1v) is 7.57. The average molecular weight is 421 g/mol. The van der Waals surface area contributed by atoms with E-state index in [1.807, 2.05) is 13.8 Å². The zero-order valence-electron chi connectivity index (χ0n) is 14.4. The van der Waals surface area contributed by atoms with E-state index in [1.54, 1.807) is 4.57 Å². The molecule has 0 N–H and O–H groups in total. The van der Waals surface area contributed by atoms with Gasteiger partial charge in [0.05, 0.1) is 6.61 Å². The van der Waals surface area contributed by atoms with Crippen molar-refractivity contribution in [2.45, 2.75) is 26.5 Å². The standard InChI is InChI=1S/C14H13F5N3O.BF3.FH/c1-6(2)7-3-23-4-8-20-22(5-21(7)8)14-12(18)10(16)9(15)11(17)13(14)19;2-1(3)4;/h5-7H,3-4H2,1-2H3;;1H/q+1;;/p-1/t7-;;/m1../s1. The van der Waals surface area contributed by atoms with Crippen molar-refractivity contribution in [2.24, 2.45) is 5.92 Å². The van der Waals surface area contributed by atoms with E-state index in [9.17, 15) is 34.9 Å². The Morgan fingerprint density at radius 2 is 1.50 bits per heavy atom. The first-order chi connectivity index (χ1) is 12.6. The van der Waals surface area contributed by atoms with E-state index in [4.69, 9.17) is 4.74 Å². The second-order valence-electron chi connectivity index (χ2n) is 5.88. The Hall–Kier alpha value is -2.25. The van der Waals surface area contributed by atoms with Gasteiger partial charge in [0.25, 0.3) is 0 Å². The van der Waals surface area contributed by atoms with Crippen LogP contribution in [0.1, 0.15) is 25.7 Å². The molecule has 1 aromatic carbocycles. The van der Waals surface area contributed by atoms with Gasteiger partial charge in [-0.25, -0.2) is 17.7 Å². The van der Waals surface area contributed by atoms with Crippen molar-refractivity contribution in [3.05, 3.63) is 41.2 Å². The van der Waals surface area contributed by atoms with E-state index in [0.29, 0.717) is 17.1 Å². The van der Waals surface area contributed by atoms with Gasteiger partial charge >= 0.3 is 13.4 Å². The Balaban J connectivity index is 0.000000717. The molecule has 1 aliphatic heterocycles. The summed E-state index contributed by atoms with van der Waals surface area (Å²) in [5, 5.41) is 3.91. The third kappa shape index (κ3) is 4.59. The lowest BCUT2D eigenvalue weighted by Crippen LogP contribution is -3.00. The Morgan fingerprint density at radius 1 is 1.04 bits per heavy atom.